The normalized spacial score (nSPS) is 11.0. The van der Waals surface area contributed by atoms with Gasteiger partial charge in [-0.1, -0.05) is 24.3 Å². The zero-order chi connectivity index (χ0) is 22.9. The molecule has 3 aromatic rings. The number of halogens is 1. The monoisotopic (exact) mass is 564 g/mol. The molecule has 0 saturated carbocycles. The smallest absolute Gasteiger partial charge is 0.194 e. The SMILES string of the molecule is COc1ccc(CCNC(=NCc2nnc(C)n2C)N(C)Cc2ccc(OC)cc2)cc1.I. The second-order valence-corrected chi connectivity index (χ2v) is 7.59. The van der Waals surface area contributed by atoms with Gasteiger partial charge in [-0.25, -0.2) is 4.99 Å². The van der Waals surface area contributed by atoms with Gasteiger partial charge < -0.3 is 24.3 Å². The third-order valence-corrected chi connectivity index (χ3v) is 5.35. The molecule has 0 amide bonds. The van der Waals surface area contributed by atoms with Gasteiger partial charge in [-0.3, -0.25) is 0 Å². The fourth-order valence-electron chi connectivity index (χ4n) is 3.24. The molecule has 178 valence electrons. The van der Waals surface area contributed by atoms with Crippen LogP contribution in [0.25, 0.3) is 0 Å². The topological polar surface area (TPSA) is 76.8 Å². The van der Waals surface area contributed by atoms with Crippen molar-refractivity contribution in [3.8, 4) is 11.5 Å². The first-order valence-corrected chi connectivity index (χ1v) is 10.6. The first-order chi connectivity index (χ1) is 15.5. The largest absolute Gasteiger partial charge is 0.497 e. The highest BCUT2D eigenvalue weighted by Crippen LogP contribution is 2.13. The second-order valence-electron chi connectivity index (χ2n) is 7.59. The molecule has 0 unspecified atom stereocenters. The van der Waals surface area contributed by atoms with E-state index in [1.165, 1.54) is 11.1 Å². The number of aromatic nitrogens is 3. The molecule has 0 bridgehead atoms. The summed E-state index contributed by atoms with van der Waals surface area (Å²) >= 11 is 0. The van der Waals surface area contributed by atoms with Crippen LogP contribution in [0.4, 0.5) is 0 Å². The van der Waals surface area contributed by atoms with Crippen LogP contribution in [0.2, 0.25) is 0 Å². The number of aryl methyl sites for hydroxylation is 1. The maximum absolute atomic E-state index is 5.26. The number of nitrogens with zero attached hydrogens (tertiary/aromatic N) is 5. The summed E-state index contributed by atoms with van der Waals surface area (Å²) in [5.41, 5.74) is 2.41. The molecule has 1 heterocycles. The van der Waals surface area contributed by atoms with Crippen LogP contribution in [0.1, 0.15) is 22.8 Å². The summed E-state index contributed by atoms with van der Waals surface area (Å²) in [5, 5.41) is 11.9. The van der Waals surface area contributed by atoms with Gasteiger partial charge in [-0.15, -0.1) is 34.2 Å². The Morgan fingerprint density at radius 1 is 0.970 bits per heavy atom. The lowest BCUT2D eigenvalue weighted by molar-refractivity contribution is 0.414. The molecule has 1 aromatic heterocycles. The van der Waals surface area contributed by atoms with E-state index in [1.54, 1.807) is 14.2 Å². The van der Waals surface area contributed by atoms with Gasteiger partial charge in [0, 0.05) is 27.2 Å². The van der Waals surface area contributed by atoms with E-state index in [9.17, 15) is 0 Å². The molecule has 0 spiro atoms. The van der Waals surface area contributed by atoms with Crippen molar-refractivity contribution in [2.75, 3.05) is 27.8 Å². The molecule has 0 radical (unpaired) electrons. The number of aliphatic imine (C=N–C) groups is 1. The standard InChI is InChI=1S/C24H32N6O2.HI/c1-18-27-28-23(30(18)3)16-26-24(25-15-14-19-6-10-21(31-4)11-7-19)29(2)17-20-8-12-22(32-5)13-9-20;/h6-13H,14-17H2,1-5H3,(H,25,26);1H. The Hall–Kier alpha value is -2.82. The summed E-state index contributed by atoms with van der Waals surface area (Å²) in [5.74, 6) is 4.23. The van der Waals surface area contributed by atoms with Crippen LogP contribution in [0, 0.1) is 6.92 Å². The number of hydrogen-bond acceptors (Lipinski definition) is 5. The summed E-state index contributed by atoms with van der Waals surface area (Å²) in [6, 6.07) is 16.2. The molecule has 8 nitrogen and oxygen atoms in total. The van der Waals surface area contributed by atoms with Crippen molar-refractivity contribution in [1.82, 2.24) is 25.0 Å². The maximum Gasteiger partial charge on any atom is 0.194 e. The van der Waals surface area contributed by atoms with Gasteiger partial charge in [0.05, 0.1) is 14.2 Å². The summed E-state index contributed by atoms with van der Waals surface area (Å²) in [7, 11) is 7.34. The molecule has 0 aliphatic heterocycles. The highest BCUT2D eigenvalue weighted by Gasteiger charge is 2.10. The van der Waals surface area contributed by atoms with E-state index in [4.69, 9.17) is 14.5 Å². The average Bonchev–Trinajstić information content (AvgIpc) is 3.14. The van der Waals surface area contributed by atoms with Gasteiger partial charge in [0.2, 0.25) is 0 Å². The van der Waals surface area contributed by atoms with Crippen molar-refractivity contribution in [2.24, 2.45) is 12.0 Å². The van der Waals surface area contributed by atoms with Gasteiger partial charge in [-0.05, 0) is 48.7 Å². The van der Waals surface area contributed by atoms with Crippen LogP contribution in [0.5, 0.6) is 11.5 Å². The van der Waals surface area contributed by atoms with Crippen LogP contribution >= 0.6 is 24.0 Å². The Labute approximate surface area is 213 Å². The van der Waals surface area contributed by atoms with Crippen molar-refractivity contribution >= 4 is 29.9 Å². The van der Waals surface area contributed by atoms with E-state index in [1.807, 2.05) is 49.9 Å². The third-order valence-electron chi connectivity index (χ3n) is 5.35. The molecule has 9 heteroatoms. The Bertz CT molecular complexity index is 1020. The Balaban J connectivity index is 0.00000385. The molecule has 33 heavy (non-hydrogen) atoms. The number of benzene rings is 2. The number of rotatable bonds is 9. The molecule has 0 saturated heterocycles. The molecule has 3 rings (SSSR count). The van der Waals surface area contributed by atoms with Crippen molar-refractivity contribution in [3.63, 3.8) is 0 Å². The van der Waals surface area contributed by atoms with E-state index in [0.29, 0.717) is 6.54 Å². The van der Waals surface area contributed by atoms with Crippen LogP contribution in [-0.4, -0.2) is 53.4 Å². The van der Waals surface area contributed by atoms with E-state index in [-0.39, 0.29) is 24.0 Å². The molecule has 0 atom stereocenters. The highest BCUT2D eigenvalue weighted by atomic mass is 127. The number of nitrogens with one attached hydrogen (secondary N) is 1. The first kappa shape index (κ1) is 26.4. The van der Waals surface area contributed by atoms with E-state index in [0.717, 1.165) is 48.6 Å². The zero-order valence-corrected chi connectivity index (χ0v) is 22.2. The van der Waals surface area contributed by atoms with Gasteiger partial charge in [0.1, 0.15) is 23.9 Å². The summed E-state index contributed by atoms with van der Waals surface area (Å²) in [6.07, 6.45) is 0.877. The Morgan fingerprint density at radius 2 is 1.55 bits per heavy atom. The molecule has 1 N–H and O–H groups in total. The molecule has 0 fully saturated rings. The predicted octanol–water partition coefficient (Wildman–Crippen LogP) is 3.58. The Morgan fingerprint density at radius 3 is 2.06 bits per heavy atom. The van der Waals surface area contributed by atoms with E-state index in [2.05, 4.69) is 44.7 Å². The van der Waals surface area contributed by atoms with Gasteiger partial charge >= 0.3 is 0 Å². The lowest BCUT2D eigenvalue weighted by Crippen LogP contribution is -2.39. The van der Waals surface area contributed by atoms with Crippen LogP contribution < -0.4 is 14.8 Å². The molecule has 0 aliphatic carbocycles. The lowest BCUT2D eigenvalue weighted by atomic mass is 10.1. The van der Waals surface area contributed by atoms with Gasteiger partial charge in [-0.2, -0.15) is 0 Å². The quantitative estimate of drug-likeness (QED) is 0.243. The van der Waals surface area contributed by atoms with Crippen LogP contribution in [0.15, 0.2) is 53.5 Å². The number of hydrogen-bond donors (Lipinski definition) is 1. The van der Waals surface area contributed by atoms with E-state index >= 15 is 0 Å². The van der Waals surface area contributed by atoms with E-state index < -0.39 is 0 Å². The summed E-state index contributed by atoms with van der Waals surface area (Å²) < 4.78 is 12.5. The number of guanidine groups is 1. The lowest BCUT2D eigenvalue weighted by Gasteiger charge is -2.23. The molecule has 2 aromatic carbocycles. The summed E-state index contributed by atoms with van der Waals surface area (Å²) in [6.45, 7) is 3.87. The third kappa shape index (κ3) is 7.62. The molecule has 0 aliphatic rings. The Kier molecular flexibility index (Phi) is 10.4. The van der Waals surface area contributed by atoms with Crippen LogP contribution in [-0.2, 0) is 26.6 Å². The first-order valence-electron chi connectivity index (χ1n) is 10.6. The van der Waals surface area contributed by atoms with Gasteiger partial charge in [0.15, 0.2) is 11.8 Å². The van der Waals surface area contributed by atoms with Crippen LogP contribution in [0.3, 0.4) is 0 Å². The molecular formula is C24H33IN6O2. The minimum atomic E-state index is 0. The fourth-order valence-corrected chi connectivity index (χ4v) is 3.24. The highest BCUT2D eigenvalue weighted by molar-refractivity contribution is 14.0. The zero-order valence-electron chi connectivity index (χ0n) is 19.9. The molecular weight excluding hydrogens is 531 g/mol. The average molecular weight is 564 g/mol. The van der Waals surface area contributed by atoms with Crippen molar-refractivity contribution in [1.29, 1.82) is 0 Å². The minimum absolute atomic E-state index is 0. The minimum Gasteiger partial charge on any atom is -0.497 e. The second kappa shape index (κ2) is 13.0. The van der Waals surface area contributed by atoms with Crippen molar-refractivity contribution in [3.05, 3.63) is 71.3 Å². The van der Waals surface area contributed by atoms with Crippen molar-refractivity contribution in [2.45, 2.75) is 26.4 Å². The predicted molar refractivity (Wildman–Crippen MR) is 141 cm³/mol. The fraction of sp³-hybridized carbons (Fsp3) is 0.375. The van der Waals surface area contributed by atoms with Gasteiger partial charge in [0.25, 0.3) is 0 Å². The summed E-state index contributed by atoms with van der Waals surface area (Å²) in [4.78, 5) is 6.93. The number of methoxy groups -OCH3 is 2. The van der Waals surface area contributed by atoms with Crippen molar-refractivity contribution < 1.29 is 9.47 Å². The maximum atomic E-state index is 5.26. The number of ether oxygens (including phenoxy) is 2.